The molecule has 1 amide bonds. The number of phenolic OH excluding ortho intramolecular Hbond substituents is 1. The molecule has 0 bridgehead atoms. The molecule has 6 heteroatoms. The van der Waals surface area contributed by atoms with Gasteiger partial charge in [-0.3, -0.25) is 9.20 Å². The number of amides is 1. The first-order valence-corrected chi connectivity index (χ1v) is 7.00. The van der Waals surface area contributed by atoms with Crippen molar-refractivity contribution in [2.24, 2.45) is 0 Å². The van der Waals surface area contributed by atoms with E-state index in [9.17, 15) is 9.90 Å². The molecule has 0 radical (unpaired) electrons. The second kappa shape index (κ2) is 4.97. The monoisotopic (exact) mass is 287 g/mol. The van der Waals surface area contributed by atoms with Crippen molar-refractivity contribution in [2.75, 3.05) is 5.32 Å². The molecule has 0 aliphatic carbocycles. The summed E-state index contributed by atoms with van der Waals surface area (Å²) in [5, 5.41) is 14.4. The Morgan fingerprint density at radius 3 is 3.10 bits per heavy atom. The topological polar surface area (TPSA) is 66.6 Å². The molecule has 2 N–H and O–H groups in total. The summed E-state index contributed by atoms with van der Waals surface area (Å²) in [6, 6.07) is 5.14. The minimum absolute atomic E-state index is 0.0733. The van der Waals surface area contributed by atoms with Crippen molar-refractivity contribution in [1.29, 1.82) is 0 Å². The van der Waals surface area contributed by atoms with Gasteiger partial charge in [0, 0.05) is 17.8 Å². The van der Waals surface area contributed by atoms with E-state index in [2.05, 4.69) is 10.3 Å². The first-order valence-electron chi connectivity index (χ1n) is 6.12. The Balaban J connectivity index is 1.71. The van der Waals surface area contributed by atoms with E-state index in [0.29, 0.717) is 11.4 Å². The fraction of sp³-hybridized carbons (Fsp3) is 0.143. The fourth-order valence-corrected chi connectivity index (χ4v) is 2.69. The van der Waals surface area contributed by atoms with Crippen molar-refractivity contribution in [2.45, 2.75) is 13.3 Å². The van der Waals surface area contributed by atoms with Gasteiger partial charge in [0.25, 0.3) is 0 Å². The second-order valence-electron chi connectivity index (χ2n) is 4.57. The molecule has 0 unspecified atom stereocenters. The molecule has 2 heterocycles. The normalized spacial score (nSPS) is 10.8. The summed E-state index contributed by atoms with van der Waals surface area (Å²) < 4.78 is 1.89. The molecular formula is C14H13N3O2S. The second-order valence-corrected chi connectivity index (χ2v) is 5.44. The summed E-state index contributed by atoms with van der Waals surface area (Å²) in [5.74, 6) is -0.126. The highest BCUT2D eigenvalue weighted by Crippen LogP contribution is 2.24. The van der Waals surface area contributed by atoms with Crippen molar-refractivity contribution in [3.63, 3.8) is 0 Å². The average molecular weight is 287 g/mol. The summed E-state index contributed by atoms with van der Waals surface area (Å²) in [4.78, 5) is 17.2. The van der Waals surface area contributed by atoms with Gasteiger partial charge in [0.1, 0.15) is 5.75 Å². The molecule has 0 aliphatic rings. The lowest BCUT2D eigenvalue weighted by Gasteiger charge is -2.07. The zero-order chi connectivity index (χ0) is 14.1. The number of thiazole rings is 1. The number of anilines is 1. The third-order valence-electron chi connectivity index (χ3n) is 2.91. The first-order chi connectivity index (χ1) is 9.61. The average Bonchev–Trinajstić information content (AvgIpc) is 2.93. The van der Waals surface area contributed by atoms with E-state index >= 15 is 0 Å². The number of phenols is 1. The van der Waals surface area contributed by atoms with Crippen LogP contribution in [0, 0.1) is 6.92 Å². The number of fused-ring (bicyclic) bond motifs is 1. The SMILES string of the molecule is Cc1ccc(NC(=O)Cc2cn3ccsc3n2)c(O)c1. The van der Waals surface area contributed by atoms with Crippen LogP contribution in [0.1, 0.15) is 11.3 Å². The number of hydrogen-bond acceptors (Lipinski definition) is 4. The molecule has 102 valence electrons. The number of aryl methyl sites for hydroxylation is 1. The van der Waals surface area contributed by atoms with Crippen molar-refractivity contribution in [3.8, 4) is 5.75 Å². The molecule has 0 saturated heterocycles. The highest BCUT2D eigenvalue weighted by Gasteiger charge is 2.10. The maximum Gasteiger partial charge on any atom is 0.230 e. The van der Waals surface area contributed by atoms with Crippen molar-refractivity contribution in [1.82, 2.24) is 9.38 Å². The summed E-state index contributed by atoms with van der Waals surface area (Å²) in [6.45, 7) is 1.88. The van der Waals surface area contributed by atoms with Gasteiger partial charge < -0.3 is 10.4 Å². The van der Waals surface area contributed by atoms with Crippen molar-refractivity contribution < 1.29 is 9.90 Å². The van der Waals surface area contributed by atoms with E-state index in [0.717, 1.165) is 10.5 Å². The number of carbonyl (C=O) groups is 1. The van der Waals surface area contributed by atoms with Gasteiger partial charge in [-0.05, 0) is 24.6 Å². The lowest BCUT2D eigenvalue weighted by molar-refractivity contribution is -0.115. The highest BCUT2D eigenvalue weighted by atomic mass is 32.1. The van der Waals surface area contributed by atoms with Gasteiger partial charge in [0.15, 0.2) is 4.96 Å². The minimum Gasteiger partial charge on any atom is -0.506 e. The Morgan fingerprint density at radius 1 is 1.50 bits per heavy atom. The zero-order valence-corrected chi connectivity index (χ0v) is 11.6. The van der Waals surface area contributed by atoms with Crippen LogP contribution in [0.2, 0.25) is 0 Å². The van der Waals surface area contributed by atoms with E-state index in [1.807, 2.05) is 35.2 Å². The molecule has 0 aliphatic heterocycles. The molecule has 2 aromatic heterocycles. The van der Waals surface area contributed by atoms with E-state index in [1.54, 1.807) is 12.1 Å². The third kappa shape index (κ3) is 2.50. The van der Waals surface area contributed by atoms with E-state index < -0.39 is 0 Å². The Morgan fingerprint density at radius 2 is 2.35 bits per heavy atom. The number of aromatic nitrogens is 2. The van der Waals surface area contributed by atoms with Crippen LogP contribution in [0.25, 0.3) is 4.96 Å². The number of imidazole rings is 1. The van der Waals surface area contributed by atoms with Gasteiger partial charge in [-0.25, -0.2) is 4.98 Å². The Labute approximate surface area is 119 Å². The maximum atomic E-state index is 11.9. The minimum atomic E-state index is -0.199. The molecule has 1 aromatic carbocycles. The molecule has 0 saturated carbocycles. The zero-order valence-electron chi connectivity index (χ0n) is 10.8. The van der Waals surface area contributed by atoms with Crippen molar-refractivity contribution in [3.05, 3.63) is 47.2 Å². The molecular weight excluding hydrogens is 274 g/mol. The summed E-state index contributed by atoms with van der Waals surface area (Å²) in [5.41, 5.74) is 2.07. The summed E-state index contributed by atoms with van der Waals surface area (Å²) in [7, 11) is 0. The van der Waals surface area contributed by atoms with Crippen molar-refractivity contribution >= 4 is 27.9 Å². The van der Waals surface area contributed by atoms with Crippen LogP contribution in [0.3, 0.4) is 0 Å². The van der Waals surface area contributed by atoms with Crippen LogP contribution in [-0.4, -0.2) is 20.4 Å². The quantitative estimate of drug-likeness (QED) is 0.728. The number of rotatable bonds is 3. The van der Waals surface area contributed by atoms with E-state index in [1.165, 1.54) is 11.3 Å². The lowest BCUT2D eigenvalue weighted by atomic mass is 10.2. The van der Waals surface area contributed by atoms with Gasteiger partial charge in [0.05, 0.1) is 17.8 Å². The van der Waals surface area contributed by atoms with Crippen LogP contribution < -0.4 is 5.32 Å². The predicted octanol–water partition coefficient (Wildman–Crippen LogP) is 2.59. The van der Waals surface area contributed by atoms with Crippen LogP contribution >= 0.6 is 11.3 Å². The number of aromatic hydroxyl groups is 1. The standard InChI is InChI=1S/C14H13N3O2S/c1-9-2-3-11(12(18)6-9)16-13(19)7-10-8-17-4-5-20-14(17)15-10/h2-6,8,18H,7H2,1H3,(H,16,19). The highest BCUT2D eigenvalue weighted by molar-refractivity contribution is 7.15. The number of hydrogen-bond donors (Lipinski definition) is 2. The van der Waals surface area contributed by atoms with Gasteiger partial charge in [-0.15, -0.1) is 11.3 Å². The number of benzene rings is 1. The largest absolute Gasteiger partial charge is 0.506 e. The Hall–Kier alpha value is -2.34. The van der Waals surface area contributed by atoms with Crippen LogP contribution in [0.5, 0.6) is 5.75 Å². The molecule has 20 heavy (non-hydrogen) atoms. The lowest BCUT2D eigenvalue weighted by Crippen LogP contribution is -2.14. The van der Waals surface area contributed by atoms with Gasteiger partial charge >= 0.3 is 0 Å². The summed E-state index contributed by atoms with van der Waals surface area (Å²) >= 11 is 1.52. The number of carbonyl (C=O) groups excluding carboxylic acids is 1. The molecule has 0 spiro atoms. The molecule has 0 fully saturated rings. The maximum absolute atomic E-state index is 11.9. The smallest absolute Gasteiger partial charge is 0.230 e. The van der Waals surface area contributed by atoms with E-state index in [-0.39, 0.29) is 18.1 Å². The van der Waals surface area contributed by atoms with Gasteiger partial charge in [-0.1, -0.05) is 6.07 Å². The van der Waals surface area contributed by atoms with Crippen LogP contribution in [0.4, 0.5) is 5.69 Å². The van der Waals surface area contributed by atoms with Crippen LogP contribution in [0.15, 0.2) is 36.0 Å². The molecule has 5 nitrogen and oxygen atoms in total. The molecule has 3 aromatic rings. The Kier molecular flexibility index (Phi) is 3.15. The first kappa shape index (κ1) is 12.7. The Bertz CT molecular complexity index is 747. The van der Waals surface area contributed by atoms with Gasteiger partial charge in [-0.2, -0.15) is 0 Å². The van der Waals surface area contributed by atoms with Gasteiger partial charge in [0.2, 0.25) is 5.91 Å². The molecule has 3 rings (SSSR count). The van der Waals surface area contributed by atoms with Crippen LogP contribution in [-0.2, 0) is 11.2 Å². The number of nitrogens with zero attached hydrogens (tertiary/aromatic N) is 2. The predicted molar refractivity (Wildman–Crippen MR) is 78.2 cm³/mol. The third-order valence-corrected chi connectivity index (χ3v) is 3.68. The fourth-order valence-electron chi connectivity index (χ4n) is 1.97. The summed E-state index contributed by atoms with van der Waals surface area (Å²) in [6.07, 6.45) is 3.92. The number of nitrogens with one attached hydrogen (secondary N) is 1. The molecule has 0 atom stereocenters. The van der Waals surface area contributed by atoms with E-state index in [4.69, 9.17) is 0 Å².